The lowest BCUT2D eigenvalue weighted by Gasteiger charge is -2.30. The molecule has 0 unspecified atom stereocenters. The molecule has 0 N–H and O–H groups in total. The molecule has 8 rings (SSSR count). The van der Waals surface area contributed by atoms with Crippen LogP contribution in [0.2, 0.25) is 48.4 Å². The van der Waals surface area contributed by atoms with E-state index in [9.17, 15) is 16.8 Å². The Hall–Kier alpha value is -7.63. The van der Waals surface area contributed by atoms with E-state index in [0.29, 0.717) is 35.4 Å². The van der Waals surface area contributed by atoms with Crippen LogP contribution in [0.25, 0.3) is 0 Å². The molecule has 0 bridgehead atoms. The number of hydrogen-bond acceptors (Lipinski definition) is 10. The van der Waals surface area contributed by atoms with Crippen molar-refractivity contribution in [3.63, 3.8) is 0 Å². The Kier molecular flexibility index (Phi) is 28.4. The van der Waals surface area contributed by atoms with Gasteiger partial charge in [-0.2, -0.15) is 0 Å². The lowest BCUT2D eigenvalue weighted by atomic mass is 9.76. The van der Waals surface area contributed by atoms with Gasteiger partial charge in [-0.3, -0.25) is 0 Å². The summed E-state index contributed by atoms with van der Waals surface area (Å²) in [5, 5.41) is 0. The highest BCUT2D eigenvalue weighted by Crippen LogP contribution is 2.42. The minimum Gasteiger partial charge on any atom is -0.497 e. The van der Waals surface area contributed by atoms with Crippen LogP contribution < -0.4 is 23.7 Å². The number of ether oxygens (including phenoxy) is 6. The quantitative estimate of drug-likeness (QED) is 0.0158. The van der Waals surface area contributed by atoms with E-state index in [1.54, 1.807) is 110 Å². The summed E-state index contributed by atoms with van der Waals surface area (Å²) in [6.07, 6.45) is 14.3. The first-order valence-corrected chi connectivity index (χ1v) is 45.2. The van der Waals surface area contributed by atoms with Crippen LogP contribution in [0.15, 0.2) is 226 Å². The van der Waals surface area contributed by atoms with E-state index >= 15 is 0 Å². The zero-order chi connectivity index (χ0) is 72.0. The van der Waals surface area contributed by atoms with Crippen LogP contribution in [0.4, 0.5) is 0 Å². The second-order valence-electron chi connectivity index (χ2n) is 27.9. The molecule has 8 aromatic carbocycles. The molecule has 0 aliphatic rings. The van der Waals surface area contributed by atoms with Gasteiger partial charge in [0, 0.05) is 10.8 Å². The van der Waals surface area contributed by atoms with Crippen molar-refractivity contribution in [2.45, 2.75) is 219 Å². The number of sulfone groups is 2. The summed E-state index contributed by atoms with van der Waals surface area (Å²) in [7, 11) is -8.90. The van der Waals surface area contributed by atoms with Gasteiger partial charge in [0.15, 0.2) is 0 Å². The Bertz CT molecular complexity index is 4120. The molecular weight excluding hydrogens is 1310 g/mol. The third-order valence-corrected chi connectivity index (χ3v) is 36.9. The van der Waals surface area contributed by atoms with E-state index in [-0.39, 0.29) is 25.0 Å². The monoisotopic (exact) mass is 1420 g/mol. The fourth-order valence-electron chi connectivity index (χ4n) is 13.7. The highest BCUT2D eigenvalue weighted by Gasteiger charge is 2.31. The molecule has 534 valence electrons. The first-order valence-electron chi connectivity index (χ1n) is 36.6. The van der Waals surface area contributed by atoms with Crippen LogP contribution in [0, 0.1) is 0 Å². The molecule has 0 saturated heterocycles. The number of rotatable bonds is 41. The molecule has 0 aliphatic heterocycles. The second kappa shape index (κ2) is 36.3. The summed E-state index contributed by atoms with van der Waals surface area (Å²) < 4.78 is 92.4. The molecule has 8 aromatic rings. The van der Waals surface area contributed by atoms with E-state index in [4.69, 9.17) is 28.4 Å². The number of allylic oxidation sites excluding steroid dienone is 2. The fourth-order valence-corrected chi connectivity index (χ4v) is 23.2. The summed E-state index contributed by atoms with van der Waals surface area (Å²) in [4.78, 5) is 0.719. The molecule has 0 amide bonds. The highest BCUT2D eigenvalue weighted by atomic mass is 32.2. The molecule has 14 heteroatoms. The molecule has 0 aliphatic carbocycles. The van der Waals surface area contributed by atoms with Gasteiger partial charge in [-0.05, 0) is 212 Å². The highest BCUT2D eigenvalue weighted by molar-refractivity contribution is 7.91. The number of unbranched alkanes of at least 4 members (excludes halogenated alkanes) is 5. The van der Waals surface area contributed by atoms with Crippen molar-refractivity contribution in [2.24, 2.45) is 0 Å². The van der Waals surface area contributed by atoms with Gasteiger partial charge in [0.25, 0.3) is 0 Å². The Labute approximate surface area is 602 Å². The number of methoxy groups -OCH3 is 1. The van der Waals surface area contributed by atoms with Gasteiger partial charge < -0.3 is 28.4 Å². The van der Waals surface area contributed by atoms with Crippen molar-refractivity contribution in [3.8, 4) is 46.0 Å². The molecule has 100 heavy (non-hydrogen) atoms. The molecule has 0 atom stereocenters. The first-order chi connectivity index (χ1) is 48.0. The zero-order valence-corrected chi connectivity index (χ0v) is 65.4. The van der Waals surface area contributed by atoms with Crippen LogP contribution in [0.3, 0.4) is 0 Å². The van der Waals surface area contributed by atoms with Gasteiger partial charge in [0.2, 0.25) is 19.7 Å². The summed E-state index contributed by atoms with van der Waals surface area (Å²) in [6.45, 7) is 30.4. The lowest BCUT2D eigenvalue weighted by Crippen LogP contribution is -2.31. The average Bonchev–Trinajstić information content (AvgIpc) is 0.796. The van der Waals surface area contributed by atoms with Gasteiger partial charge in [-0.15, -0.1) is 0 Å². The van der Waals surface area contributed by atoms with Gasteiger partial charge >= 0.3 is 0 Å². The average molecular weight is 1420 g/mol. The molecule has 0 saturated carbocycles. The van der Waals surface area contributed by atoms with Crippen molar-refractivity contribution in [3.05, 3.63) is 240 Å². The smallest absolute Gasteiger partial charge is 0.206 e. The molecule has 0 heterocycles. The van der Waals surface area contributed by atoms with E-state index < -0.39 is 41.2 Å². The van der Waals surface area contributed by atoms with Crippen molar-refractivity contribution < 1.29 is 45.3 Å². The normalized spacial score (nSPS) is 12.5. The second-order valence-corrected chi connectivity index (χ2v) is 43.0. The standard InChI is InChI=1S/C86H110O10S2Si2/c1-14-72(15-2)92-60-26-24-22-23-25-27-61-93-74-38-32-68(33-39-74)85(9,10)69-34-40-75(41-35-69)94-76-44-52-80(53-45-76)98(89,90)82-56-48-78(49-57-82)96-84-59-37-71(65-67(84)31-29-63-100(19-6,20-7)21-8)86(11,12)70-36-58-83(66(64-70)30-28-62-99(16-3,17-4)18-5)95-77-46-54-81(55-47-77)97(87,88)79-50-42-73(91-13)43-51-79/h14-15,32-59,64-65H,1,16-31,60-63H2,2-13H3/b72-15+. The zero-order valence-electron chi connectivity index (χ0n) is 61.7. The molecule has 0 spiro atoms. The Balaban J connectivity index is 0.928. The van der Waals surface area contributed by atoms with E-state index in [0.717, 1.165) is 103 Å². The fraction of sp³-hybridized carbons (Fsp3) is 0.395. The largest absolute Gasteiger partial charge is 0.497 e. The van der Waals surface area contributed by atoms with Crippen molar-refractivity contribution >= 4 is 35.8 Å². The number of hydrogen-bond donors (Lipinski definition) is 0. The van der Waals surface area contributed by atoms with Crippen molar-refractivity contribution in [2.75, 3.05) is 20.3 Å². The molecule has 0 aromatic heterocycles. The molecule has 10 nitrogen and oxygen atoms in total. The van der Waals surface area contributed by atoms with Crippen LogP contribution in [0.1, 0.15) is 161 Å². The lowest BCUT2D eigenvalue weighted by molar-refractivity contribution is 0.216. The Morgan fingerprint density at radius 1 is 0.400 bits per heavy atom. The Morgan fingerprint density at radius 3 is 1.08 bits per heavy atom. The van der Waals surface area contributed by atoms with Gasteiger partial charge in [0.1, 0.15) is 51.8 Å². The van der Waals surface area contributed by atoms with Gasteiger partial charge in [-0.1, -0.05) is 211 Å². The van der Waals surface area contributed by atoms with Crippen LogP contribution in [-0.4, -0.2) is 53.3 Å². The maximum atomic E-state index is 14.2. The Morgan fingerprint density at radius 2 is 0.720 bits per heavy atom. The maximum Gasteiger partial charge on any atom is 0.206 e. The molecular formula is C86H110O10S2Si2. The van der Waals surface area contributed by atoms with E-state index in [1.165, 1.54) is 72.3 Å². The summed E-state index contributed by atoms with van der Waals surface area (Å²) >= 11 is 0. The minimum atomic E-state index is -3.88. The number of benzene rings is 8. The van der Waals surface area contributed by atoms with Crippen molar-refractivity contribution in [1.82, 2.24) is 0 Å². The third kappa shape index (κ3) is 20.1. The first kappa shape index (κ1) is 78.1. The maximum absolute atomic E-state index is 14.2. The van der Waals surface area contributed by atoms with Crippen LogP contribution in [-0.2, 0) is 48.1 Å². The van der Waals surface area contributed by atoms with Crippen molar-refractivity contribution in [1.29, 1.82) is 0 Å². The predicted octanol–water partition coefficient (Wildman–Crippen LogP) is 24.1. The van der Waals surface area contributed by atoms with Gasteiger partial charge in [-0.25, -0.2) is 16.8 Å². The summed E-state index contributed by atoms with van der Waals surface area (Å²) in [6, 6.07) is 66.2. The molecule has 0 fully saturated rings. The van der Waals surface area contributed by atoms with E-state index in [1.807, 2.05) is 25.1 Å². The topological polar surface area (TPSA) is 124 Å². The van der Waals surface area contributed by atoms with E-state index in [2.05, 4.69) is 149 Å². The SMILES string of the molecule is C=C/C(=C\C)OCCCCCCCCOc1ccc(C(C)(C)c2ccc(Oc3ccc(S(=O)(=O)c4ccc(Oc5ccc(C(C)(C)c6ccc(Oc7ccc(S(=O)(=O)c8ccc(OC)cc8)cc7)c(CCC[Si](CC)(CC)CC)c6)cc5CCC[Si](CC)(CC)CC)cc4)cc3)cc2)cc1. The minimum absolute atomic E-state index is 0.165. The summed E-state index contributed by atoms with van der Waals surface area (Å²) in [5.41, 5.74) is 6.19. The van der Waals surface area contributed by atoms with Crippen LogP contribution >= 0.6 is 0 Å². The van der Waals surface area contributed by atoms with Crippen LogP contribution in [0.5, 0.6) is 46.0 Å². The summed E-state index contributed by atoms with van der Waals surface area (Å²) in [5.74, 6) is 6.13. The third-order valence-electron chi connectivity index (χ3n) is 21.5. The predicted molar refractivity (Wildman–Crippen MR) is 417 cm³/mol. The molecule has 0 radical (unpaired) electrons. The van der Waals surface area contributed by atoms with Gasteiger partial charge in [0.05, 0.1) is 56.1 Å². The number of aryl methyl sites for hydroxylation is 2.